The second kappa shape index (κ2) is 3.55. The molecule has 0 atom stereocenters. The summed E-state index contributed by atoms with van der Waals surface area (Å²) in [5.41, 5.74) is -0.122. The van der Waals surface area contributed by atoms with Gasteiger partial charge >= 0.3 is 0 Å². The van der Waals surface area contributed by atoms with Crippen LogP contribution in [0.25, 0.3) is 10.1 Å². The fourth-order valence-corrected chi connectivity index (χ4v) is 2.81. The van der Waals surface area contributed by atoms with Crippen LogP contribution >= 0.6 is 27.3 Å². The molecule has 0 aliphatic heterocycles. The molecule has 0 aliphatic rings. The Morgan fingerprint density at radius 3 is 2.64 bits per heavy atom. The topological polar surface area (TPSA) is 0 Å². The van der Waals surface area contributed by atoms with Gasteiger partial charge in [-0.1, -0.05) is 0 Å². The molecule has 0 fully saturated rings. The van der Waals surface area contributed by atoms with Crippen molar-refractivity contribution in [3.05, 3.63) is 33.4 Å². The van der Waals surface area contributed by atoms with E-state index in [0.717, 1.165) is 23.5 Å². The summed E-state index contributed by atoms with van der Waals surface area (Å²) in [5, 5.41) is 0.289. The van der Waals surface area contributed by atoms with Crippen LogP contribution in [0.2, 0.25) is 0 Å². The minimum absolute atomic E-state index is 0.122. The lowest BCUT2D eigenvalue weighted by molar-refractivity contribution is 0.153. The smallest absolute Gasteiger partial charge is 0.205 e. The second-order valence-electron chi connectivity index (χ2n) is 2.73. The van der Waals surface area contributed by atoms with Gasteiger partial charge in [-0.3, -0.25) is 0 Å². The molecule has 74 valence electrons. The van der Waals surface area contributed by atoms with Crippen molar-refractivity contribution >= 4 is 37.4 Å². The SMILES string of the molecule is Fc1ccc(C(F)F)c2cc(Br)sc12. The molecular formula is C9H4BrF3S. The van der Waals surface area contributed by atoms with Crippen LogP contribution in [-0.4, -0.2) is 0 Å². The van der Waals surface area contributed by atoms with E-state index in [-0.39, 0.29) is 15.6 Å². The minimum atomic E-state index is -2.57. The van der Waals surface area contributed by atoms with Crippen molar-refractivity contribution in [3.8, 4) is 0 Å². The maximum Gasteiger partial charge on any atom is 0.264 e. The fourth-order valence-electron chi connectivity index (χ4n) is 1.27. The summed E-state index contributed by atoms with van der Waals surface area (Å²) in [7, 11) is 0. The third-order valence-corrected chi connectivity index (χ3v) is 3.52. The van der Waals surface area contributed by atoms with Gasteiger partial charge in [0.05, 0.1) is 8.49 Å². The second-order valence-corrected chi connectivity index (χ2v) is 5.16. The predicted molar refractivity (Wildman–Crippen MR) is 54.4 cm³/mol. The van der Waals surface area contributed by atoms with Crippen LogP contribution in [0.1, 0.15) is 12.0 Å². The fraction of sp³-hybridized carbons (Fsp3) is 0.111. The Balaban J connectivity index is 2.81. The molecule has 0 radical (unpaired) electrons. The van der Waals surface area contributed by atoms with Gasteiger partial charge in [-0.05, 0) is 34.1 Å². The third-order valence-electron chi connectivity index (χ3n) is 1.87. The average Bonchev–Trinajstić information content (AvgIpc) is 2.47. The highest BCUT2D eigenvalue weighted by Crippen LogP contribution is 2.37. The summed E-state index contributed by atoms with van der Waals surface area (Å²) < 4.78 is 39.1. The molecule has 2 rings (SSSR count). The van der Waals surface area contributed by atoms with Gasteiger partial charge in [-0.2, -0.15) is 0 Å². The third kappa shape index (κ3) is 1.54. The number of hydrogen-bond donors (Lipinski definition) is 0. The number of rotatable bonds is 1. The van der Waals surface area contributed by atoms with Crippen LogP contribution in [0.4, 0.5) is 13.2 Å². The van der Waals surface area contributed by atoms with Gasteiger partial charge < -0.3 is 0 Å². The summed E-state index contributed by atoms with van der Waals surface area (Å²) in [4.78, 5) is 0. The summed E-state index contributed by atoms with van der Waals surface area (Å²) >= 11 is 4.27. The lowest BCUT2D eigenvalue weighted by Gasteiger charge is -2.01. The van der Waals surface area contributed by atoms with E-state index in [2.05, 4.69) is 15.9 Å². The highest BCUT2D eigenvalue weighted by Gasteiger charge is 2.15. The van der Waals surface area contributed by atoms with Gasteiger partial charge in [0.15, 0.2) is 0 Å². The molecule has 0 nitrogen and oxygen atoms in total. The summed E-state index contributed by atoms with van der Waals surface area (Å²) in [6.07, 6.45) is -2.57. The first-order valence-corrected chi connectivity index (χ1v) is 5.36. The average molecular weight is 281 g/mol. The Hall–Kier alpha value is -0.550. The van der Waals surface area contributed by atoms with Crippen molar-refractivity contribution in [1.82, 2.24) is 0 Å². The number of thiophene rings is 1. The van der Waals surface area contributed by atoms with Gasteiger partial charge in [0.1, 0.15) is 5.82 Å². The van der Waals surface area contributed by atoms with E-state index >= 15 is 0 Å². The maximum atomic E-state index is 13.2. The van der Waals surface area contributed by atoms with E-state index < -0.39 is 12.2 Å². The van der Waals surface area contributed by atoms with Crippen molar-refractivity contribution in [2.75, 3.05) is 0 Å². The first kappa shape index (κ1) is 9.98. The minimum Gasteiger partial charge on any atom is -0.205 e. The molecule has 0 saturated carbocycles. The molecule has 0 unspecified atom stereocenters. The largest absolute Gasteiger partial charge is 0.264 e. The molecule has 1 aromatic heterocycles. The first-order chi connectivity index (χ1) is 6.59. The van der Waals surface area contributed by atoms with E-state index in [1.165, 1.54) is 6.07 Å². The van der Waals surface area contributed by atoms with Crippen LogP contribution in [-0.2, 0) is 0 Å². The molecule has 1 aromatic carbocycles. The number of alkyl halides is 2. The van der Waals surface area contributed by atoms with E-state index in [4.69, 9.17) is 0 Å². The maximum absolute atomic E-state index is 13.2. The lowest BCUT2D eigenvalue weighted by Crippen LogP contribution is -1.85. The molecular weight excluding hydrogens is 277 g/mol. The molecule has 0 amide bonds. The van der Waals surface area contributed by atoms with Crippen LogP contribution in [0.5, 0.6) is 0 Å². The number of halogens is 4. The van der Waals surface area contributed by atoms with Gasteiger partial charge in [-0.25, -0.2) is 13.2 Å². The molecule has 0 spiro atoms. The monoisotopic (exact) mass is 280 g/mol. The predicted octanol–water partition coefficient (Wildman–Crippen LogP) is 4.74. The van der Waals surface area contributed by atoms with E-state index in [9.17, 15) is 13.2 Å². The van der Waals surface area contributed by atoms with Gasteiger partial charge in [-0.15, -0.1) is 11.3 Å². The van der Waals surface area contributed by atoms with Crippen molar-refractivity contribution < 1.29 is 13.2 Å². The van der Waals surface area contributed by atoms with Crippen molar-refractivity contribution in [2.45, 2.75) is 6.43 Å². The highest BCUT2D eigenvalue weighted by atomic mass is 79.9. The Kier molecular flexibility index (Phi) is 2.53. The Morgan fingerprint density at radius 2 is 2.00 bits per heavy atom. The zero-order chi connectivity index (χ0) is 10.3. The van der Waals surface area contributed by atoms with Crippen LogP contribution in [0.15, 0.2) is 22.0 Å². The molecule has 0 aliphatic carbocycles. The van der Waals surface area contributed by atoms with E-state index in [1.807, 2.05) is 0 Å². The van der Waals surface area contributed by atoms with Gasteiger partial charge in [0, 0.05) is 10.9 Å². The van der Waals surface area contributed by atoms with Crippen molar-refractivity contribution in [2.24, 2.45) is 0 Å². The molecule has 14 heavy (non-hydrogen) atoms. The lowest BCUT2D eigenvalue weighted by atomic mass is 10.1. The van der Waals surface area contributed by atoms with Crippen LogP contribution in [0.3, 0.4) is 0 Å². The van der Waals surface area contributed by atoms with Crippen molar-refractivity contribution in [3.63, 3.8) is 0 Å². The standard InChI is InChI=1S/C9H4BrF3S/c10-7-3-5-4(9(12)13)1-2-6(11)8(5)14-7/h1-3,9H. The number of hydrogen-bond acceptors (Lipinski definition) is 1. The highest BCUT2D eigenvalue weighted by molar-refractivity contribution is 9.11. The van der Waals surface area contributed by atoms with Crippen LogP contribution in [0, 0.1) is 5.82 Å². The first-order valence-electron chi connectivity index (χ1n) is 3.75. The summed E-state index contributed by atoms with van der Waals surface area (Å²) in [6, 6.07) is 3.72. The van der Waals surface area contributed by atoms with Crippen LogP contribution < -0.4 is 0 Å². The zero-order valence-corrected chi connectivity index (χ0v) is 9.13. The van der Waals surface area contributed by atoms with E-state index in [0.29, 0.717) is 3.79 Å². The normalized spacial score (nSPS) is 11.5. The zero-order valence-electron chi connectivity index (χ0n) is 6.73. The quantitative estimate of drug-likeness (QED) is 0.708. The molecule has 5 heteroatoms. The van der Waals surface area contributed by atoms with Gasteiger partial charge in [0.25, 0.3) is 6.43 Å². The Bertz CT molecular complexity index is 478. The Morgan fingerprint density at radius 1 is 1.29 bits per heavy atom. The van der Waals surface area contributed by atoms with Crippen molar-refractivity contribution in [1.29, 1.82) is 0 Å². The number of benzene rings is 1. The summed E-state index contributed by atoms with van der Waals surface area (Å²) in [5.74, 6) is -0.458. The number of fused-ring (bicyclic) bond motifs is 1. The van der Waals surface area contributed by atoms with E-state index in [1.54, 1.807) is 0 Å². The molecule has 2 aromatic rings. The molecule has 1 heterocycles. The molecule has 0 bridgehead atoms. The molecule has 0 N–H and O–H groups in total. The Labute approximate surface area is 90.5 Å². The summed E-state index contributed by atoms with van der Waals surface area (Å²) in [6.45, 7) is 0. The van der Waals surface area contributed by atoms with Gasteiger partial charge in [0.2, 0.25) is 0 Å². The molecule has 0 saturated heterocycles.